The molecule has 0 spiro atoms. The monoisotopic (exact) mass is 363 g/mol. The van der Waals surface area contributed by atoms with Gasteiger partial charge in [0.1, 0.15) is 11.2 Å². The highest BCUT2D eigenvalue weighted by Crippen LogP contribution is 2.33. The molecule has 0 amide bonds. The number of anilines is 1. The van der Waals surface area contributed by atoms with Crippen molar-refractivity contribution in [3.8, 4) is 11.5 Å². The van der Waals surface area contributed by atoms with Crippen LogP contribution in [0.1, 0.15) is 50.7 Å². The number of hydrogen-bond acceptors (Lipinski definition) is 4. The van der Waals surface area contributed by atoms with Crippen molar-refractivity contribution in [3.63, 3.8) is 0 Å². The first-order valence-electron chi connectivity index (χ1n) is 10.3. The number of aromatic nitrogens is 1. The molecule has 2 heterocycles. The smallest absolute Gasteiger partial charge is 0.155 e. The first-order valence-corrected chi connectivity index (χ1v) is 10.3. The summed E-state index contributed by atoms with van der Waals surface area (Å²) in [5, 5.41) is 0.994. The quantitative estimate of drug-likeness (QED) is 0.467. The molecular formula is C23H29N3O. The molecule has 0 bridgehead atoms. The van der Waals surface area contributed by atoms with Crippen LogP contribution in [0.25, 0.3) is 22.6 Å². The van der Waals surface area contributed by atoms with Crippen molar-refractivity contribution < 1.29 is 4.42 Å². The summed E-state index contributed by atoms with van der Waals surface area (Å²) in [6, 6.07) is 8.56. The molecule has 1 aromatic rings. The molecule has 0 N–H and O–H groups in total. The zero-order valence-corrected chi connectivity index (χ0v) is 16.7. The van der Waals surface area contributed by atoms with Crippen LogP contribution in [0.5, 0.6) is 0 Å². The Balaban J connectivity index is 1.81. The Morgan fingerprint density at radius 1 is 1.15 bits per heavy atom. The van der Waals surface area contributed by atoms with E-state index in [1.165, 1.54) is 36.9 Å². The summed E-state index contributed by atoms with van der Waals surface area (Å²) in [6.07, 6.45) is 6.15. The summed E-state index contributed by atoms with van der Waals surface area (Å²) in [6.45, 7) is 9.44. The molecule has 0 fully saturated rings. The SMILES string of the molecule is CCCCCN1CCCc2cc3nc4cc(C)/c(=N\CC)cc-4oc3cc21. The van der Waals surface area contributed by atoms with Crippen molar-refractivity contribution in [2.75, 3.05) is 24.5 Å². The number of unbranched alkanes of at least 4 members (excludes halogenated alkanes) is 2. The van der Waals surface area contributed by atoms with E-state index in [0.717, 1.165) is 59.5 Å². The Hall–Kier alpha value is -2.36. The van der Waals surface area contributed by atoms with Crippen molar-refractivity contribution in [3.05, 3.63) is 40.7 Å². The van der Waals surface area contributed by atoms with E-state index in [1.807, 2.05) is 6.07 Å². The second kappa shape index (κ2) is 7.71. The lowest BCUT2D eigenvalue weighted by Crippen LogP contribution is -2.30. The lowest BCUT2D eigenvalue weighted by Gasteiger charge is -2.31. The van der Waals surface area contributed by atoms with Gasteiger partial charge in [0.2, 0.25) is 0 Å². The first-order chi connectivity index (χ1) is 13.2. The average Bonchev–Trinajstić information content (AvgIpc) is 2.66. The summed E-state index contributed by atoms with van der Waals surface area (Å²) < 4.78 is 6.28. The van der Waals surface area contributed by atoms with Crippen molar-refractivity contribution in [1.29, 1.82) is 0 Å². The summed E-state index contributed by atoms with van der Waals surface area (Å²) >= 11 is 0. The molecule has 1 aliphatic carbocycles. The van der Waals surface area contributed by atoms with Gasteiger partial charge in [-0.2, -0.15) is 0 Å². The van der Waals surface area contributed by atoms with E-state index in [2.05, 4.69) is 48.9 Å². The highest BCUT2D eigenvalue weighted by Gasteiger charge is 2.19. The Morgan fingerprint density at radius 2 is 2.04 bits per heavy atom. The van der Waals surface area contributed by atoms with Crippen LogP contribution in [0.3, 0.4) is 0 Å². The fourth-order valence-corrected chi connectivity index (χ4v) is 4.05. The molecule has 4 heteroatoms. The topological polar surface area (TPSA) is 41.6 Å². The van der Waals surface area contributed by atoms with Gasteiger partial charge in [-0.3, -0.25) is 4.99 Å². The van der Waals surface area contributed by atoms with Gasteiger partial charge in [-0.25, -0.2) is 4.98 Å². The lowest BCUT2D eigenvalue weighted by molar-refractivity contribution is 0.607. The van der Waals surface area contributed by atoms with E-state index in [-0.39, 0.29) is 0 Å². The number of aryl methyl sites for hydroxylation is 2. The minimum atomic E-state index is 0.771. The van der Waals surface area contributed by atoms with Gasteiger partial charge < -0.3 is 9.32 Å². The van der Waals surface area contributed by atoms with Gasteiger partial charge in [-0.05, 0) is 56.4 Å². The molecular weight excluding hydrogens is 334 g/mol. The summed E-state index contributed by atoms with van der Waals surface area (Å²) in [7, 11) is 0. The van der Waals surface area contributed by atoms with Crippen LogP contribution in [0.2, 0.25) is 0 Å². The molecule has 27 heavy (non-hydrogen) atoms. The Morgan fingerprint density at radius 3 is 2.85 bits per heavy atom. The van der Waals surface area contributed by atoms with E-state index in [0.29, 0.717) is 0 Å². The number of nitrogens with zero attached hydrogens (tertiary/aromatic N) is 3. The molecule has 0 radical (unpaired) electrons. The fraction of sp³-hybridized carbons (Fsp3) is 0.478. The zero-order valence-electron chi connectivity index (χ0n) is 16.7. The maximum Gasteiger partial charge on any atom is 0.155 e. The van der Waals surface area contributed by atoms with Crippen LogP contribution < -0.4 is 10.3 Å². The standard InChI is InChI=1S/C23H29N3O/c1-4-6-7-10-26-11-8-9-17-13-20-23(15-21(17)26)27-22-14-18(24-5-2)16(3)12-19(22)25-20/h12-15H,4-11H2,1-3H3/b24-18-. The molecule has 0 saturated carbocycles. The van der Waals surface area contributed by atoms with Gasteiger partial charge in [0.15, 0.2) is 11.3 Å². The minimum absolute atomic E-state index is 0.771. The van der Waals surface area contributed by atoms with E-state index in [9.17, 15) is 0 Å². The van der Waals surface area contributed by atoms with Gasteiger partial charge in [0.05, 0.1) is 5.36 Å². The van der Waals surface area contributed by atoms with Crippen LogP contribution in [0, 0.1) is 6.92 Å². The molecule has 0 aromatic heterocycles. The Bertz CT molecular complexity index is 989. The maximum atomic E-state index is 6.28. The molecule has 4 nitrogen and oxygen atoms in total. The van der Waals surface area contributed by atoms with Crippen LogP contribution in [-0.4, -0.2) is 24.6 Å². The van der Waals surface area contributed by atoms with E-state index < -0.39 is 0 Å². The maximum absolute atomic E-state index is 6.28. The zero-order chi connectivity index (χ0) is 18.8. The highest BCUT2D eigenvalue weighted by molar-refractivity contribution is 5.82. The van der Waals surface area contributed by atoms with Crippen LogP contribution in [0.4, 0.5) is 5.69 Å². The van der Waals surface area contributed by atoms with Crippen LogP contribution in [-0.2, 0) is 6.42 Å². The molecule has 1 aromatic carbocycles. The lowest BCUT2D eigenvalue weighted by atomic mass is 10.00. The van der Waals surface area contributed by atoms with Crippen molar-refractivity contribution in [2.45, 2.75) is 52.9 Å². The predicted octanol–water partition coefficient (Wildman–Crippen LogP) is 5.10. The number of benzene rings is 2. The number of rotatable bonds is 5. The third-order valence-electron chi connectivity index (χ3n) is 5.47. The molecule has 3 aliphatic rings. The first kappa shape index (κ1) is 18.0. The van der Waals surface area contributed by atoms with Gasteiger partial charge in [-0.1, -0.05) is 19.8 Å². The Kier molecular flexibility index (Phi) is 5.15. The highest BCUT2D eigenvalue weighted by atomic mass is 16.3. The third kappa shape index (κ3) is 3.58. The predicted molar refractivity (Wildman–Crippen MR) is 112 cm³/mol. The van der Waals surface area contributed by atoms with Gasteiger partial charge in [0.25, 0.3) is 0 Å². The molecule has 142 valence electrons. The van der Waals surface area contributed by atoms with Crippen LogP contribution >= 0.6 is 0 Å². The van der Waals surface area contributed by atoms with Gasteiger partial charge in [0, 0.05) is 37.5 Å². The molecule has 0 atom stereocenters. The summed E-state index contributed by atoms with van der Waals surface area (Å²) in [4.78, 5) is 12.0. The second-order valence-corrected chi connectivity index (χ2v) is 7.54. The number of fused-ring (bicyclic) bond motifs is 3. The van der Waals surface area contributed by atoms with Crippen LogP contribution in [0.15, 0.2) is 33.7 Å². The second-order valence-electron chi connectivity index (χ2n) is 7.54. The molecule has 0 saturated heterocycles. The molecule has 4 rings (SSSR count). The normalized spacial score (nSPS) is 14.9. The number of hydrogen-bond donors (Lipinski definition) is 0. The molecule has 0 unspecified atom stereocenters. The van der Waals surface area contributed by atoms with Gasteiger partial charge >= 0.3 is 0 Å². The third-order valence-corrected chi connectivity index (χ3v) is 5.47. The summed E-state index contributed by atoms with van der Waals surface area (Å²) in [5.74, 6) is 0.814. The van der Waals surface area contributed by atoms with Crippen molar-refractivity contribution >= 4 is 16.8 Å². The van der Waals surface area contributed by atoms with E-state index >= 15 is 0 Å². The van der Waals surface area contributed by atoms with E-state index in [1.54, 1.807) is 0 Å². The fourth-order valence-electron chi connectivity index (χ4n) is 4.05. The average molecular weight is 364 g/mol. The van der Waals surface area contributed by atoms with Gasteiger partial charge in [-0.15, -0.1) is 0 Å². The van der Waals surface area contributed by atoms with E-state index in [4.69, 9.17) is 9.40 Å². The largest absolute Gasteiger partial charge is 0.453 e. The molecule has 2 aliphatic heterocycles. The van der Waals surface area contributed by atoms with Crippen molar-refractivity contribution in [1.82, 2.24) is 4.98 Å². The Labute approximate surface area is 161 Å². The minimum Gasteiger partial charge on any atom is -0.453 e. The van der Waals surface area contributed by atoms with Crippen molar-refractivity contribution in [2.24, 2.45) is 4.99 Å². The summed E-state index contributed by atoms with van der Waals surface area (Å²) in [5.41, 5.74) is 6.62.